The molecule has 0 saturated heterocycles. The summed E-state index contributed by atoms with van der Waals surface area (Å²) in [5.74, 6) is -0.775. The molecular weight excluding hydrogens is 509 g/mol. The summed E-state index contributed by atoms with van der Waals surface area (Å²) in [7, 11) is -3.89. The molecule has 0 spiro atoms. The Hall–Kier alpha value is -2.29. The maximum atomic E-state index is 13.6. The molecule has 10 heteroatoms. The van der Waals surface area contributed by atoms with Gasteiger partial charge in [0.15, 0.2) is 0 Å². The van der Waals surface area contributed by atoms with Crippen LogP contribution >= 0.6 is 23.2 Å². The van der Waals surface area contributed by atoms with E-state index in [2.05, 4.69) is 5.32 Å². The first-order valence-corrected chi connectivity index (χ1v) is 14.1. The van der Waals surface area contributed by atoms with Gasteiger partial charge in [-0.25, -0.2) is 8.42 Å². The molecule has 2 aromatic carbocycles. The molecule has 0 radical (unpaired) electrons. The zero-order valence-electron chi connectivity index (χ0n) is 20.5. The highest BCUT2D eigenvalue weighted by Gasteiger charge is 2.32. The van der Waals surface area contributed by atoms with Crippen LogP contribution in [0.25, 0.3) is 0 Å². The quantitative estimate of drug-likeness (QED) is 0.427. The molecule has 2 aromatic rings. The van der Waals surface area contributed by atoms with Crippen molar-refractivity contribution < 1.29 is 18.0 Å². The van der Waals surface area contributed by atoms with E-state index in [9.17, 15) is 18.0 Å². The van der Waals surface area contributed by atoms with Crippen molar-refractivity contribution in [2.45, 2.75) is 52.1 Å². The van der Waals surface area contributed by atoms with Crippen molar-refractivity contribution in [2.24, 2.45) is 0 Å². The van der Waals surface area contributed by atoms with Crippen LogP contribution < -0.4 is 9.62 Å². The Morgan fingerprint density at radius 3 is 2.23 bits per heavy atom. The van der Waals surface area contributed by atoms with Gasteiger partial charge in [-0.1, -0.05) is 73.4 Å². The summed E-state index contributed by atoms with van der Waals surface area (Å²) in [5, 5.41) is 3.15. The Kier molecular flexibility index (Phi) is 10.9. The first kappa shape index (κ1) is 28.9. The second-order valence-corrected chi connectivity index (χ2v) is 11.1. The number of nitrogens with zero attached hydrogens (tertiary/aromatic N) is 2. The molecule has 0 bridgehead atoms. The highest BCUT2D eigenvalue weighted by atomic mass is 35.5. The highest BCUT2D eigenvalue weighted by molar-refractivity contribution is 7.92. The Labute approximate surface area is 218 Å². The van der Waals surface area contributed by atoms with Crippen LogP contribution in [0.15, 0.2) is 48.5 Å². The molecule has 2 rings (SSSR count). The van der Waals surface area contributed by atoms with E-state index in [4.69, 9.17) is 23.2 Å². The molecule has 2 atom stereocenters. The van der Waals surface area contributed by atoms with Gasteiger partial charge in [0.2, 0.25) is 21.8 Å². The van der Waals surface area contributed by atoms with E-state index in [1.54, 1.807) is 6.07 Å². The minimum atomic E-state index is -3.89. The maximum absolute atomic E-state index is 13.6. The lowest BCUT2D eigenvalue weighted by molar-refractivity contribution is -0.139. The molecule has 0 aliphatic carbocycles. The van der Waals surface area contributed by atoms with Gasteiger partial charge in [-0.15, -0.1) is 0 Å². The van der Waals surface area contributed by atoms with Crippen molar-refractivity contribution >= 4 is 50.7 Å². The third-order valence-corrected chi connectivity index (χ3v) is 7.69. The van der Waals surface area contributed by atoms with E-state index in [1.165, 1.54) is 17.0 Å². The zero-order valence-corrected chi connectivity index (χ0v) is 22.8. The Bertz CT molecular complexity index is 1110. The van der Waals surface area contributed by atoms with Gasteiger partial charge in [-0.3, -0.25) is 13.9 Å². The fourth-order valence-electron chi connectivity index (χ4n) is 3.62. The number of benzene rings is 2. The van der Waals surface area contributed by atoms with E-state index < -0.39 is 28.5 Å². The number of hydrogen-bond acceptors (Lipinski definition) is 4. The number of halogens is 2. The van der Waals surface area contributed by atoms with Crippen LogP contribution in [-0.2, 0) is 26.0 Å². The van der Waals surface area contributed by atoms with Gasteiger partial charge in [0.25, 0.3) is 0 Å². The minimum Gasteiger partial charge on any atom is -0.352 e. The number of anilines is 1. The number of rotatable bonds is 12. The minimum absolute atomic E-state index is 0.0322. The average Bonchev–Trinajstić information content (AvgIpc) is 2.81. The lowest BCUT2D eigenvalue weighted by atomic mass is 10.1. The first-order chi connectivity index (χ1) is 16.5. The summed E-state index contributed by atoms with van der Waals surface area (Å²) in [4.78, 5) is 28.2. The smallest absolute Gasteiger partial charge is 0.244 e. The third-order valence-electron chi connectivity index (χ3n) is 5.75. The summed E-state index contributed by atoms with van der Waals surface area (Å²) >= 11 is 12.4. The number of nitrogens with one attached hydrogen (secondary N) is 1. The Balaban J connectivity index is 2.40. The summed E-state index contributed by atoms with van der Waals surface area (Å²) in [6.07, 6.45) is 2.63. The van der Waals surface area contributed by atoms with Gasteiger partial charge < -0.3 is 10.2 Å². The van der Waals surface area contributed by atoms with Gasteiger partial charge >= 0.3 is 0 Å². The SMILES string of the molecule is CCC(C)NC(=O)C(CC)N(CCc1ccccc1)C(=O)CN(c1cccc(Cl)c1Cl)S(C)(=O)=O. The molecule has 192 valence electrons. The largest absolute Gasteiger partial charge is 0.352 e. The lowest BCUT2D eigenvalue weighted by Crippen LogP contribution is -2.54. The topological polar surface area (TPSA) is 86.8 Å². The van der Waals surface area contributed by atoms with Crippen molar-refractivity contribution in [2.75, 3.05) is 23.7 Å². The zero-order chi connectivity index (χ0) is 26.2. The molecule has 0 heterocycles. The van der Waals surface area contributed by atoms with E-state index in [-0.39, 0.29) is 34.2 Å². The van der Waals surface area contributed by atoms with Gasteiger partial charge in [0.05, 0.1) is 22.0 Å². The molecule has 0 aliphatic heterocycles. The summed E-state index contributed by atoms with van der Waals surface area (Å²) in [6, 6.07) is 13.4. The summed E-state index contributed by atoms with van der Waals surface area (Å²) < 4.78 is 26.3. The average molecular weight is 543 g/mol. The monoisotopic (exact) mass is 541 g/mol. The second-order valence-electron chi connectivity index (χ2n) is 8.41. The van der Waals surface area contributed by atoms with Crippen LogP contribution in [0.4, 0.5) is 5.69 Å². The predicted octanol–water partition coefficient (Wildman–Crippen LogP) is 4.52. The molecule has 0 saturated carbocycles. The number of carbonyl (C=O) groups is 2. The molecule has 0 fully saturated rings. The fraction of sp³-hybridized carbons (Fsp3) is 0.440. The first-order valence-electron chi connectivity index (χ1n) is 11.5. The maximum Gasteiger partial charge on any atom is 0.244 e. The van der Waals surface area contributed by atoms with Crippen molar-refractivity contribution in [3.8, 4) is 0 Å². The van der Waals surface area contributed by atoms with E-state index in [0.29, 0.717) is 12.8 Å². The van der Waals surface area contributed by atoms with Crippen molar-refractivity contribution in [1.82, 2.24) is 10.2 Å². The lowest BCUT2D eigenvalue weighted by Gasteiger charge is -2.33. The van der Waals surface area contributed by atoms with Crippen LogP contribution in [-0.4, -0.2) is 56.6 Å². The normalized spacial score (nSPS) is 13.1. The van der Waals surface area contributed by atoms with Gasteiger partial charge in [-0.05, 0) is 43.9 Å². The number of hydrogen-bond donors (Lipinski definition) is 1. The highest BCUT2D eigenvalue weighted by Crippen LogP contribution is 2.33. The molecule has 35 heavy (non-hydrogen) atoms. The Morgan fingerprint density at radius 2 is 1.66 bits per heavy atom. The van der Waals surface area contributed by atoms with Crippen LogP contribution in [0.3, 0.4) is 0 Å². The van der Waals surface area contributed by atoms with Crippen molar-refractivity contribution in [3.63, 3.8) is 0 Å². The van der Waals surface area contributed by atoms with Crippen molar-refractivity contribution in [3.05, 3.63) is 64.1 Å². The molecule has 7 nitrogen and oxygen atoms in total. The van der Waals surface area contributed by atoms with Crippen molar-refractivity contribution in [1.29, 1.82) is 0 Å². The summed E-state index contributed by atoms with van der Waals surface area (Å²) in [5.41, 5.74) is 1.11. The Morgan fingerprint density at radius 1 is 1.00 bits per heavy atom. The van der Waals surface area contributed by atoms with Crippen LogP contribution in [0.5, 0.6) is 0 Å². The summed E-state index contributed by atoms with van der Waals surface area (Å²) in [6.45, 7) is 5.42. The van der Waals surface area contributed by atoms with Crippen LogP contribution in [0.1, 0.15) is 39.2 Å². The van der Waals surface area contributed by atoms with Gasteiger partial charge in [0, 0.05) is 12.6 Å². The molecule has 0 aliphatic rings. The molecule has 1 N–H and O–H groups in total. The predicted molar refractivity (Wildman–Crippen MR) is 142 cm³/mol. The fourth-order valence-corrected chi connectivity index (χ4v) is 4.92. The third kappa shape index (κ3) is 8.12. The van der Waals surface area contributed by atoms with Crippen LogP contribution in [0, 0.1) is 0 Å². The standard InChI is InChI=1S/C25H33Cl2N3O4S/c1-5-18(3)28-25(32)21(6-2)29(16-15-19-11-8-7-9-12-19)23(31)17-30(35(4,33)34)22-14-10-13-20(26)24(22)27/h7-14,18,21H,5-6,15-17H2,1-4H3,(H,28,32). The number of carbonyl (C=O) groups excluding carboxylic acids is 2. The van der Waals surface area contributed by atoms with E-state index in [0.717, 1.165) is 22.5 Å². The van der Waals surface area contributed by atoms with Gasteiger partial charge in [0.1, 0.15) is 12.6 Å². The molecule has 0 aromatic heterocycles. The molecule has 2 amide bonds. The van der Waals surface area contributed by atoms with Crippen LogP contribution in [0.2, 0.25) is 10.0 Å². The number of amides is 2. The number of sulfonamides is 1. The molecular formula is C25H33Cl2N3O4S. The van der Waals surface area contributed by atoms with Gasteiger partial charge in [-0.2, -0.15) is 0 Å². The van der Waals surface area contributed by atoms with E-state index >= 15 is 0 Å². The molecule has 2 unspecified atom stereocenters. The second kappa shape index (κ2) is 13.1. The van der Waals surface area contributed by atoms with E-state index in [1.807, 2.05) is 51.1 Å².